The van der Waals surface area contributed by atoms with Gasteiger partial charge in [0.25, 0.3) is 0 Å². The number of benzene rings is 5. The van der Waals surface area contributed by atoms with E-state index in [0.717, 1.165) is 39.3 Å². The van der Waals surface area contributed by atoms with E-state index >= 15 is 0 Å². The van der Waals surface area contributed by atoms with Gasteiger partial charge in [0.2, 0.25) is 0 Å². The molecule has 208 valence electrons. The van der Waals surface area contributed by atoms with E-state index in [1.165, 1.54) is 0 Å². The van der Waals surface area contributed by atoms with Crippen LogP contribution in [0.25, 0.3) is 22.3 Å². The highest BCUT2D eigenvalue weighted by atomic mass is 16.5. The molecule has 0 saturated heterocycles. The van der Waals surface area contributed by atoms with Gasteiger partial charge in [0.05, 0.1) is 35.7 Å². The van der Waals surface area contributed by atoms with Gasteiger partial charge in [0.15, 0.2) is 11.5 Å². The Hall–Kier alpha value is -5.36. The van der Waals surface area contributed by atoms with Gasteiger partial charge in [-0.15, -0.1) is 0 Å². The highest BCUT2D eigenvalue weighted by molar-refractivity contribution is 6.00. The zero-order chi connectivity index (χ0) is 29.1. The topological polar surface area (TPSA) is 65.1 Å². The first-order chi connectivity index (χ1) is 20.6. The van der Waals surface area contributed by atoms with Gasteiger partial charge < -0.3 is 19.1 Å². The van der Waals surface area contributed by atoms with Crippen molar-refractivity contribution in [1.29, 1.82) is 0 Å². The number of fused-ring (bicyclic) bond motifs is 2. The van der Waals surface area contributed by atoms with E-state index in [9.17, 15) is 9.59 Å². The van der Waals surface area contributed by atoms with Crippen LogP contribution in [0.15, 0.2) is 115 Å². The van der Waals surface area contributed by atoms with Gasteiger partial charge in [-0.2, -0.15) is 0 Å². The summed E-state index contributed by atoms with van der Waals surface area (Å²) < 4.78 is 17.1. The summed E-state index contributed by atoms with van der Waals surface area (Å²) in [6.07, 6.45) is 0. The van der Waals surface area contributed by atoms with E-state index in [0.29, 0.717) is 35.8 Å². The predicted octanol–water partition coefficient (Wildman–Crippen LogP) is 8.95. The van der Waals surface area contributed by atoms with Gasteiger partial charge in [-0.25, -0.2) is 9.59 Å². The molecule has 0 spiro atoms. The number of nitrogens with zero attached hydrogens (tertiary/aromatic N) is 1. The lowest BCUT2D eigenvalue weighted by atomic mass is 9.96. The van der Waals surface area contributed by atoms with Crippen molar-refractivity contribution in [2.45, 2.75) is 13.8 Å². The maximum absolute atomic E-state index is 12.8. The lowest BCUT2D eigenvalue weighted by Gasteiger charge is -2.33. The molecular formula is C36H29NO5. The second-order valence-corrected chi connectivity index (χ2v) is 9.67. The third kappa shape index (κ3) is 4.99. The summed E-state index contributed by atoms with van der Waals surface area (Å²) in [4.78, 5) is 27.7. The average Bonchev–Trinajstić information content (AvgIpc) is 3.04. The minimum Gasteiger partial charge on any atom is -0.462 e. The number of rotatable bonds is 7. The van der Waals surface area contributed by atoms with Gasteiger partial charge >= 0.3 is 11.9 Å². The zero-order valence-corrected chi connectivity index (χ0v) is 23.4. The van der Waals surface area contributed by atoms with Crippen LogP contribution in [-0.2, 0) is 9.47 Å². The molecule has 6 heteroatoms. The minimum absolute atomic E-state index is 0.297. The fraction of sp³-hybridized carbons (Fsp3) is 0.111. The van der Waals surface area contributed by atoms with Crippen molar-refractivity contribution in [3.63, 3.8) is 0 Å². The van der Waals surface area contributed by atoms with Crippen LogP contribution < -0.4 is 9.64 Å². The normalized spacial score (nSPS) is 11.6. The monoisotopic (exact) mass is 555 g/mol. The molecule has 0 unspecified atom stereocenters. The summed E-state index contributed by atoms with van der Waals surface area (Å²) in [6.45, 7) is 4.19. The van der Waals surface area contributed by atoms with E-state index in [1.807, 2.05) is 103 Å². The molecule has 42 heavy (non-hydrogen) atoms. The van der Waals surface area contributed by atoms with E-state index < -0.39 is 0 Å². The van der Waals surface area contributed by atoms with Gasteiger partial charge in [-0.3, -0.25) is 0 Å². The first-order valence-electron chi connectivity index (χ1n) is 13.9. The van der Waals surface area contributed by atoms with Crippen LogP contribution in [0.5, 0.6) is 11.5 Å². The first-order valence-corrected chi connectivity index (χ1v) is 13.9. The minimum atomic E-state index is -0.364. The maximum Gasteiger partial charge on any atom is 0.338 e. The number of carbonyl (C=O) groups is 2. The highest BCUT2D eigenvalue weighted by Gasteiger charge is 2.28. The fourth-order valence-electron chi connectivity index (χ4n) is 5.24. The van der Waals surface area contributed by atoms with E-state index in [-0.39, 0.29) is 11.9 Å². The molecule has 6 rings (SSSR count). The van der Waals surface area contributed by atoms with Gasteiger partial charge in [0.1, 0.15) is 0 Å². The van der Waals surface area contributed by atoms with Crippen molar-refractivity contribution in [2.75, 3.05) is 18.1 Å². The summed E-state index contributed by atoms with van der Waals surface area (Å²) in [6, 6.07) is 36.7. The Morgan fingerprint density at radius 1 is 0.595 bits per heavy atom. The molecule has 0 N–H and O–H groups in total. The van der Waals surface area contributed by atoms with E-state index in [4.69, 9.17) is 14.2 Å². The van der Waals surface area contributed by atoms with Crippen molar-refractivity contribution >= 4 is 29.0 Å². The van der Waals surface area contributed by atoms with E-state index in [2.05, 4.69) is 4.90 Å². The quantitative estimate of drug-likeness (QED) is 0.183. The molecule has 1 heterocycles. The average molecular weight is 556 g/mol. The Labute approximate surface area is 244 Å². The van der Waals surface area contributed by atoms with Crippen molar-refractivity contribution in [3.05, 3.63) is 126 Å². The lowest BCUT2D eigenvalue weighted by molar-refractivity contribution is 0.0517. The Morgan fingerprint density at radius 3 is 1.52 bits per heavy atom. The molecule has 0 bridgehead atoms. The Balaban J connectivity index is 1.51. The summed E-state index contributed by atoms with van der Waals surface area (Å²) in [5.41, 5.74) is 6.84. The summed E-state index contributed by atoms with van der Waals surface area (Å²) in [5.74, 6) is 0.640. The predicted molar refractivity (Wildman–Crippen MR) is 164 cm³/mol. The van der Waals surface area contributed by atoms with Gasteiger partial charge in [-0.05, 0) is 84.6 Å². The SMILES string of the molecule is CCOC(=O)c1ccccc1-c1ccc2c(c1)N(c1ccccc1)c1cc(-c3ccccc3C(=O)OCC)ccc1O2. The molecule has 5 aromatic carbocycles. The number of esters is 2. The van der Waals surface area contributed by atoms with Crippen molar-refractivity contribution < 1.29 is 23.8 Å². The highest BCUT2D eigenvalue weighted by Crippen LogP contribution is 2.52. The molecule has 0 fully saturated rings. The van der Waals surface area contributed by atoms with Crippen molar-refractivity contribution in [2.24, 2.45) is 0 Å². The Morgan fingerprint density at radius 2 is 1.05 bits per heavy atom. The molecule has 6 nitrogen and oxygen atoms in total. The third-order valence-electron chi connectivity index (χ3n) is 7.10. The third-order valence-corrected chi connectivity index (χ3v) is 7.10. The standard InChI is InChI=1S/C36H29NO5/c1-3-40-35(38)29-16-10-8-14-27(29)24-18-20-33-31(22-24)37(26-12-6-5-7-13-26)32-23-25(19-21-34(32)42-33)28-15-9-11-17-30(28)36(39)41-4-2/h5-23H,3-4H2,1-2H3. The molecule has 0 aromatic heterocycles. The Bertz CT molecular complexity index is 1670. The second-order valence-electron chi connectivity index (χ2n) is 9.67. The number of para-hydroxylation sites is 1. The molecule has 5 aromatic rings. The van der Waals surface area contributed by atoms with Crippen LogP contribution >= 0.6 is 0 Å². The smallest absolute Gasteiger partial charge is 0.338 e. The van der Waals surface area contributed by atoms with Crippen LogP contribution in [0.4, 0.5) is 17.1 Å². The number of anilines is 3. The van der Waals surface area contributed by atoms with Crippen LogP contribution in [0, 0.1) is 0 Å². The molecular weight excluding hydrogens is 526 g/mol. The number of ether oxygens (including phenoxy) is 3. The van der Waals surface area contributed by atoms with Gasteiger partial charge in [-0.1, -0.05) is 66.7 Å². The summed E-state index contributed by atoms with van der Waals surface area (Å²) >= 11 is 0. The largest absolute Gasteiger partial charge is 0.462 e. The Kier molecular flexibility index (Phi) is 7.43. The second kappa shape index (κ2) is 11.6. The molecule has 0 aliphatic carbocycles. The van der Waals surface area contributed by atoms with Crippen molar-refractivity contribution in [3.8, 4) is 33.8 Å². The van der Waals surface area contributed by atoms with Crippen LogP contribution in [0.1, 0.15) is 34.6 Å². The molecule has 0 saturated carbocycles. The lowest BCUT2D eigenvalue weighted by Crippen LogP contribution is -2.16. The van der Waals surface area contributed by atoms with Crippen LogP contribution in [-0.4, -0.2) is 25.2 Å². The molecule has 0 atom stereocenters. The van der Waals surface area contributed by atoms with E-state index in [1.54, 1.807) is 26.0 Å². The number of hydrogen-bond acceptors (Lipinski definition) is 6. The molecule has 1 aliphatic rings. The molecule has 1 aliphatic heterocycles. The summed E-state index contributed by atoms with van der Waals surface area (Å²) in [5, 5.41) is 0. The van der Waals surface area contributed by atoms with Crippen molar-refractivity contribution in [1.82, 2.24) is 0 Å². The number of carbonyl (C=O) groups excluding carboxylic acids is 2. The number of hydrogen-bond donors (Lipinski definition) is 0. The maximum atomic E-state index is 12.8. The molecule has 0 amide bonds. The van der Waals surface area contributed by atoms with Crippen LogP contribution in [0.2, 0.25) is 0 Å². The fourth-order valence-corrected chi connectivity index (χ4v) is 5.24. The summed E-state index contributed by atoms with van der Waals surface area (Å²) in [7, 11) is 0. The zero-order valence-electron chi connectivity index (χ0n) is 23.4. The first kappa shape index (κ1) is 26.8. The van der Waals surface area contributed by atoms with Crippen LogP contribution in [0.3, 0.4) is 0 Å². The molecule has 0 radical (unpaired) electrons. The van der Waals surface area contributed by atoms with Gasteiger partial charge in [0, 0.05) is 5.69 Å².